The third-order valence-electron chi connectivity index (χ3n) is 1.34. The number of hydrogen-bond donors (Lipinski definition) is 3. The molecule has 0 saturated carbocycles. The van der Waals surface area contributed by atoms with E-state index in [0.717, 1.165) is 6.08 Å². The molecule has 0 aliphatic heterocycles. The Hall–Kier alpha value is -1.08. The summed E-state index contributed by atoms with van der Waals surface area (Å²) in [7, 11) is 0. The Labute approximate surface area is 72.0 Å². The second kappa shape index (κ2) is 3.75. The summed E-state index contributed by atoms with van der Waals surface area (Å²) < 4.78 is 36.2. The SMILES string of the molecule is NCC=CC(N)(C(=O)O)C(F)(F)F. The fourth-order valence-electron chi connectivity index (χ4n) is 0.541. The molecule has 0 rings (SSSR count). The molecule has 0 radical (unpaired) electrons. The Morgan fingerprint density at radius 3 is 2.15 bits per heavy atom. The maximum atomic E-state index is 12.1. The van der Waals surface area contributed by atoms with Crippen LogP contribution in [0.25, 0.3) is 0 Å². The molecule has 0 aliphatic rings. The first-order chi connectivity index (χ1) is 5.75. The highest BCUT2D eigenvalue weighted by Gasteiger charge is 2.56. The first-order valence-corrected chi connectivity index (χ1v) is 3.22. The largest absolute Gasteiger partial charge is 0.479 e. The summed E-state index contributed by atoms with van der Waals surface area (Å²) >= 11 is 0. The number of nitrogens with two attached hydrogens (primary N) is 2. The second-order valence-corrected chi connectivity index (χ2v) is 2.31. The molecule has 0 spiro atoms. The van der Waals surface area contributed by atoms with Crippen LogP contribution >= 0.6 is 0 Å². The highest BCUT2D eigenvalue weighted by Crippen LogP contribution is 2.29. The van der Waals surface area contributed by atoms with Gasteiger partial charge in [-0.3, -0.25) is 0 Å². The smallest absolute Gasteiger partial charge is 0.420 e. The monoisotopic (exact) mass is 198 g/mol. The average Bonchev–Trinajstić information content (AvgIpc) is 1.97. The van der Waals surface area contributed by atoms with Crippen molar-refractivity contribution in [2.75, 3.05) is 6.54 Å². The van der Waals surface area contributed by atoms with Crippen molar-refractivity contribution < 1.29 is 23.1 Å². The minimum Gasteiger partial charge on any atom is -0.479 e. The fourth-order valence-corrected chi connectivity index (χ4v) is 0.541. The van der Waals surface area contributed by atoms with Crippen molar-refractivity contribution in [3.8, 4) is 0 Å². The zero-order valence-corrected chi connectivity index (χ0v) is 6.51. The lowest BCUT2D eigenvalue weighted by Crippen LogP contribution is -2.58. The van der Waals surface area contributed by atoms with Crippen molar-refractivity contribution in [2.45, 2.75) is 11.7 Å². The van der Waals surface area contributed by atoms with Crippen molar-refractivity contribution in [3.63, 3.8) is 0 Å². The van der Waals surface area contributed by atoms with Gasteiger partial charge >= 0.3 is 12.1 Å². The normalized spacial score (nSPS) is 17.3. The first kappa shape index (κ1) is 11.9. The van der Waals surface area contributed by atoms with E-state index in [2.05, 4.69) is 5.73 Å². The molecule has 5 N–H and O–H groups in total. The topological polar surface area (TPSA) is 89.3 Å². The molecular weight excluding hydrogens is 189 g/mol. The molecule has 0 aromatic carbocycles. The van der Waals surface area contributed by atoms with Gasteiger partial charge in [-0.1, -0.05) is 6.08 Å². The number of rotatable bonds is 3. The molecule has 1 atom stereocenters. The second-order valence-electron chi connectivity index (χ2n) is 2.31. The molecule has 1 unspecified atom stereocenters. The van der Waals surface area contributed by atoms with Crippen LogP contribution in [0.1, 0.15) is 0 Å². The molecule has 0 saturated heterocycles. The number of aliphatic carboxylic acids is 1. The molecule has 7 heteroatoms. The van der Waals surface area contributed by atoms with Crippen LogP contribution in [0.2, 0.25) is 0 Å². The Morgan fingerprint density at radius 2 is 1.92 bits per heavy atom. The molecule has 0 heterocycles. The van der Waals surface area contributed by atoms with Crippen LogP contribution in [0.3, 0.4) is 0 Å². The Balaban J connectivity index is 4.96. The summed E-state index contributed by atoms with van der Waals surface area (Å²) in [6.45, 7) is -0.206. The standard InChI is InChI=1S/C6H9F3N2O2/c7-6(8,9)5(11,4(12)13)2-1-3-10/h1-2H,3,10-11H2,(H,12,13). The third kappa shape index (κ3) is 2.43. The van der Waals surface area contributed by atoms with E-state index in [4.69, 9.17) is 10.8 Å². The molecule has 0 amide bonds. The molecule has 13 heavy (non-hydrogen) atoms. The lowest BCUT2D eigenvalue weighted by Gasteiger charge is -2.23. The molecule has 0 aliphatic carbocycles. The molecular formula is C6H9F3N2O2. The van der Waals surface area contributed by atoms with Gasteiger partial charge in [0.25, 0.3) is 0 Å². The van der Waals surface area contributed by atoms with Crippen LogP contribution in [0.4, 0.5) is 13.2 Å². The zero-order chi connectivity index (χ0) is 10.7. The summed E-state index contributed by atoms with van der Waals surface area (Å²) in [6, 6.07) is 0. The van der Waals surface area contributed by atoms with E-state index in [1.807, 2.05) is 0 Å². The number of alkyl halides is 3. The number of carboxylic acids is 1. The summed E-state index contributed by atoms with van der Waals surface area (Å²) in [5, 5.41) is 8.26. The van der Waals surface area contributed by atoms with E-state index in [1.54, 1.807) is 0 Å². The van der Waals surface area contributed by atoms with Crippen LogP contribution in [-0.2, 0) is 4.79 Å². The minimum absolute atomic E-state index is 0.206. The van der Waals surface area contributed by atoms with Gasteiger partial charge in [0.1, 0.15) is 0 Å². The summed E-state index contributed by atoms with van der Waals surface area (Å²) in [6.07, 6.45) is -3.86. The molecule has 0 fully saturated rings. The minimum atomic E-state index is -5.04. The number of hydrogen-bond acceptors (Lipinski definition) is 3. The Morgan fingerprint density at radius 1 is 1.46 bits per heavy atom. The van der Waals surface area contributed by atoms with Gasteiger partial charge in [-0.15, -0.1) is 0 Å². The maximum absolute atomic E-state index is 12.1. The summed E-state index contributed by atoms with van der Waals surface area (Å²) in [5.74, 6) is -2.16. The predicted molar refractivity (Wildman–Crippen MR) is 38.8 cm³/mol. The zero-order valence-electron chi connectivity index (χ0n) is 6.51. The molecule has 0 bridgehead atoms. The van der Waals surface area contributed by atoms with Gasteiger partial charge in [-0.25, -0.2) is 4.79 Å². The average molecular weight is 198 g/mol. The van der Waals surface area contributed by atoms with Gasteiger partial charge in [-0.2, -0.15) is 13.2 Å². The van der Waals surface area contributed by atoms with Crippen LogP contribution in [-0.4, -0.2) is 29.3 Å². The van der Waals surface area contributed by atoms with Crippen molar-refractivity contribution in [2.24, 2.45) is 11.5 Å². The van der Waals surface area contributed by atoms with Gasteiger partial charge in [0.05, 0.1) is 0 Å². The van der Waals surface area contributed by atoms with Gasteiger partial charge in [0.15, 0.2) is 0 Å². The number of carboxylic acid groups (broad SMARTS) is 1. The molecule has 4 nitrogen and oxygen atoms in total. The molecule has 0 aromatic rings. The summed E-state index contributed by atoms with van der Waals surface area (Å²) in [5.41, 5.74) is 6.16. The highest BCUT2D eigenvalue weighted by molar-refractivity contribution is 5.82. The number of halogens is 3. The number of carbonyl (C=O) groups is 1. The highest BCUT2D eigenvalue weighted by atomic mass is 19.4. The van der Waals surface area contributed by atoms with Crippen LogP contribution < -0.4 is 11.5 Å². The van der Waals surface area contributed by atoms with Crippen LogP contribution in [0.5, 0.6) is 0 Å². The van der Waals surface area contributed by atoms with E-state index in [-0.39, 0.29) is 6.54 Å². The van der Waals surface area contributed by atoms with Crippen molar-refractivity contribution in [3.05, 3.63) is 12.2 Å². The Bertz CT molecular complexity index is 226. The maximum Gasteiger partial charge on any atom is 0.420 e. The van der Waals surface area contributed by atoms with Gasteiger partial charge < -0.3 is 16.6 Å². The lowest BCUT2D eigenvalue weighted by atomic mass is 10.00. The van der Waals surface area contributed by atoms with Gasteiger partial charge in [-0.05, 0) is 6.08 Å². The van der Waals surface area contributed by atoms with Crippen molar-refractivity contribution >= 4 is 5.97 Å². The predicted octanol–water partition coefficient (Wildman–Crippen LogP) is -0.154. The van der Waals surface area contributed by atoms with E-state index >= 15 is 0 Å². The molecule has 0 aromatic heterocycles. The quantitative estimate of drug-likeness (QED) is 0.550. The van der Waals surface area contributed by atoms with Crippen LogP contribution in [0.15, 0.2) is 12.2 Å². The van der Waals surface area contributed by atoms with Gasteiger partial charge in [0.2, 0.25) is 5.54 Å². The van der Waals surface area contributed by atoms with E-state index in [1.165, 1.54) is 0 Å². The van der Waals surface area contributed by atoms with E-state index in [0.29, 0.717) is 6.08 Å². The van der Waals surface area contributed by atoms with Gasteiger partial charge in [0, 0.05) is 6.54 Å². The van der Waals surface area contributed by atoms with E-state index < -0.39 is 17.7 Å². The van der Waals surface area contributed by atoms with Crippen LogP contribution in [0, 0.1) is 0 Å². The van der Waals surface area contributed by atoms with E-state index in [9.17, 15) is 18.0 Å². The fraction of sp³-hybridized carbons (Fsp3) is 0.500. The van der Waals surface area contributed by atoms with Crippen molar-refractivity contribution in [1.29, 1.82) is 0 Å². The third-order valence-corrected chi connectivity index (χ3v) is 1.34. The van der Waals surface area contributed by atoms with Crippen molar-refractivity contribution in [1.82, 2.24) is 0 Å². The summed E-state index contributed by atoms with van der Waals surface area (Å²) in [4.78, 5) is 10.2. The first-order valence-electron chi connectivity index (χ1n) is 3.22. The lowest BCUT2D eigenvalue weighted by molar-refractivity contribution is -0.191. The Kier molecular flexibility index (Phi) is 3.44. The molecule has 76 valence electrons.